The van der Waals surface area contributed by atoms with E-state index in [1.807, 2.05) is 20.8 Å². The fraction of sp³-hybridized carbons (Fsp3) is 0.786. The number of nitrogens with zero attached hydrogens (tertiary/aromatic N) is 2. The van der Waals surface area contributed by atoms with Gasteiger partial charge in [0.15, 0.2) is 0 Å². The zero-order chi connectivity index (χ0) is 16.6. The standard InChI is InChI=1S/C14H27N3O4/c1-6-7-17(9-12(18)16(4)5)14(21)15-11(13(19)20)8-10(2)3/h10-11H,6-9H2,1-5H3,(H,15,21)(H,19,20)/t11-/m1/s1. The fourth-order valence-electron chi connectivity index (χ4n) is 1.76. The topological polar surface area (TPSA) is 90.0 Å². The summed E-state index contributed by atoms with van der Waals surface area (Å²) in [5.74, 6) is -1.11. The summed E-state index contributed by atoms with van der Waals surface area (Å²) in [5, 5.41) is 11.6. The van der Waals surface area contributed by atoms with Crippen LogP contribution in [-0.4, -0.2) is 66.0 Å². The number of hydrogen-bond acceptors (Lipinski definition) is 3. The first-order chi connectivity index (χ1) is 9.68. The number of likely N-dealkylation sites (N-methyl/N-ethyl adjacent to an activating group) is 1. The fourth-order valence-corrected chi connectivity index (χ4v) is 1.76. The highest BCUT2D eigenvalue weighted by Gasteiger charge is 2.25. The Labute approximate surface area is 126 Å². The highest BCUT2D eigenvalue weighted by atomic mass is 16.4. The predicted octanol–water partition coefficient (Wildman–Crippen LogP) is 0.996. The highest BCUT2D eigenvalue weighted by Crippen LogP contribution is 2.06. The van der Waals surface area contributed by atoms with E-state index in [4.69, 9.17) is 5.11 Å². The van der Waals surface area contributed by atoms with Crippen molar-refractivity contribution in [1.29, 1.82) is 0 Å². The number of carbonyl (C=O) groups excluding carboxylic acids is 2. The molecule has 122 valence electrons. The molecule has 7 nitrogen and oxygen atoms in total. The summed E-state index contributed by atoms with van der Waals surface area (Å²) in [6.45, 7) is 6.02. The van der Waals surface area contributed by atoms with Crippen LogP contribution in [0.3, 0.4) is 0 Å². The van der Waals surface area contributed by atoms with Gasteiger partial charge in [0.25, 0.3) is 0 Å². The average molecular weight is 301 g/mol. The summed E-state index contributed by atoms with van der Waals surface area (Å²) in [6, 6.07) is -1.45. The number of urea groups is 1. The van der Waals surface area contributed by atoms with Crippen LogP contribution in [0.1, 0.15) is 33.6 Å². The maximum Gasteiger partial charge on any atom is 0.326 e. The summed E-state index contributed by atoms with van der Waals surface area (Å²) in [4.78, 5) is 37.8. The Bertz CT molecular complexity index is 369. The van der Waals surface area contributed by atoms with Gasteiger partial charge in [0, 0.05) is 20.6 Å². The van der Waals surface area contributed by atoms with Crippen LogP contribution in [0.5, 0.6) is 0 Å². The second kappa shape index (κ2) is 9.20. The lowest BCUT2D eigenvalue weighted by molar-refractivity contribution is -0.139. The van der Waals surface area contributed by atoms with Gasteiger partial charge < -0.3 is 20.2 Å². The Morgan fingerprint density at radius 3 is 2.14 bits per heavy atom. The molecule has 0 unspecified atom stereocenters. The number of aliphatic carboxylic acids is 1. The monoisotopic (exact) mass is 301 g/mol. The third-order valence-corrected chi connectivity index (χ3v) is 2.91. The van der Waals surface area contributed by atoms with Gasteiger partial charge in [-0.05, 0) is 18.8 Å². The highest BCUT2D eigenvalue weighted by molar-refractivity contribution is 5.86. The summed E-state index contributed by atoms with van der Waals surface area (Å²) < 4.78 is 0. The Balaban J connectivity index is 4.78. The molecule has 0 aliphatic carbocycles. The van der Waals surface area contributed by atoms with Crippen LogP contribution < -0.4 is 5.32 Å². The Hall–Kier alpha value is -1.79. The van der Waals surface area contributed by atoms with Gasteiger partial charge in [-0.15, -0.1) is 0 Å². The Kier molecular flexibility index (Phi) is 8.42. The first-order valence-electron chi connectivity index (χ1n) is 7.17. The summed E-state index contributed by atoms with van der Waals surface area (Å²) >= 11 is 0. The molecule has 0 aromatic carbocycles. The zero-order valence-corrected chi connectivity index (χ0v) is 13.5. The van der Waals surface area contributed by atoms with E-state index in [1.54, 1.807) is 14.1 Å². The van der Waals surface area contributed by atoms with Crippen LogP contribution >= 0.6 is 0 Å². The number of carboxylic acids is 1. The van der Waals surface area contributed by atoms with Crippen LogP contribution in [-0.2, 0) is 9.59 Å². The van der Waals surface area contributed by atoms with Crippen molar-refractivity contribution in [3.8, 4) is 0 Å². The molecule has 21 heavy (non-hydrogen) atoms. The molecule has 3 amide bonds. The van der Waals surface area contributed by atoms with Gasteiger partial charge in [0.05, 0.1) is 0 Å². The molecule has 0 aromatic heterocycles. The minimum atomic E-state index is -1.06. The number of carbonyl (C=O) groups is 3. The second-order valence-corrected chi connectivity index (χ2v) is 5.68. The van der Waals surface area contributed by atoms with E-state index in [9.17, 15) is 14.4 Å². The van der Waals surface area contributed by atoms with Crippen LogP contribution in [0.2, 0.25) is 0 Å². The average Bonchev–Trinajstić information content (AvgIpc) is 2.36. The van der Waals surface area contributed by atoms with E-state index in [2.05, 4.69) is 5.32 Å². The normalized spacial score (nSPS) is 11.9. The van der Waals surface area contributed by atoms with Crippen molar-refractivity contribution in [3.05, 3.63) is 0 Å². The molecular formula is C14H27N3O4. The first-order valence-corrected chi connectivity index (χ1v) is 7.17. The van der Waals surface area contributed by atoms with E-state index in [1.165, 1.54) is 9.80 Å². The molecule has 0 saturated carbocycles. The van der Waals surface area contributed by atoms with Crippen LogP contribution in [0.4, 0.5) is 4.79 Å². The second-order valence-electron chi connectivity index (χ2n) is 5.68. The third-order valence-electron chi connectivity index (χ3n) is 2.91. The molecule has 0 bridgehead atoms. The van der Waals surface area contributed by atoms with Gasteiger partial charge in [-0.2, -0.15) is 0 Å². The zero-order valence-electron chi connectivity index (χ0n) is 13.5. The largest absolute Gasteiger partial charge is 0.480 e. The maximum absolute atomic E-state index is 12.2. The SMILES string of the molecule is CCCN(CC(=O)N(C)C)C(=O)N[C@H](CC(C)C)C(=O)O. The number of hydrogen-bond donors (Lipinski definition) is 2. The molecule has 2 N–H and O–H groups in total. The Morgan fingerprint density at radius 1 is 1.19 bits per heavy atom. The van der Waals surface area contributed by atoms with Gasteiger partial charge in [-0.1, -0.05) is 20.8 Å². The minimum Gasteiger partial charge on any atom is -0.480 e. The minimum absolute atomic E-state index is 0.0549. The third kappa shape index (κ3) is 7.53. The quantitative estimate of drug-likeness (QED) is 0.699. The number of amides is 3. The van der Waals surface area contributed by atoms with E-state index in [0.717, 1.165) is 0 Å². The van der Waals surface area contributed by atoms with Crippen molar-refractivity contribution in [1.82, 2.24) is 15.1 Å². The summed E-state index contributed by atoms with van der Waals surface area (Å²) in [7, 11) is 3.23. The molecule has 0 aromatic rings. The van der Waals surface area contributed by atoms with E-state index in [-0.39, 0.29) is 18.4 Å². The molecule has 0 saturated heterocycles. The smallest absolute Gasteiger partial charge is 0.326 e. The van der Waals surface area contributed by atoms with Crippen molar-refractivity contribution < 1.29 is 19.5 Å². The summed E-state index contributed by atoms with van der Waals surface area (Å²) in [6.07, 6.45) is 1.04. The van der Waals surface area contributed by atoms with Crippen molar-refractivity contribution in [2.24, 2.45) is 5.92 Å². The number of nitrogens with one attached hydrogen (secondary N) is 1. The molecule has 0 radical (unpaired) electrons. The van der Waals surface area contributed by atoms with Crippen molar-refractivity contribution in [2.45, 2.75) is 39.7 Å². The Morgan fingerprint density at radius 2 is 1.76 bits per heavy atom. The lowest BCUT2D eigenvalue weighted by Gasteiger charge is -2.26. The molecule has 7 heteroatoms. The van der Waals surface area contributed by atoms with Crippen molar-refractivity contribution in [2.75, 3.05) is 27.2 Å². The molecule has 0 rings (SSSR count). The number of rotatable bonds is 8. The molecule has 1 atom stereocenters. The lowest BCUT2D eigenvalue weighted by atomic mass is 10.0. The van der Waals surface area contributed by atoms with Gasteiger partial charge in [-0.25, -0.2) is 9.59 Å². The van der Waals surface area contributed by atoms with Crippen molar-refractivity contribution >= 4 is 17.9 Å². The van der Waals surface area contributed by atoms with Crippen LogP contribution in [0.25, 0.3) is 0 Å². The van der Waals surface area contributed by atoms with Gasteiger partial charge in [0.2, 0.25) is 5.91 Å². The molecule has 0 aliphatic heterocycles. The van der Waals surface area contributed by atoms with Crippen molar-refractivity contribution in [3.63, 3.8) is 0 Å². The van der Waals surface area contributed by atoms with Gasteiger partial charge >= 0.3 is 12.0 Å². The van der Waals surface area contributed by atoms with Crippen LogP contribution in [0, 0.1) is 5.92 Å². The first kappa shape index (κ1) is 19.2. The summed E-state index contributed by atoms with van der Waals surface area (Å²) in [5.41, 5.74) is 0. The van der Waals surface area contributed by atoms with E-state index >= 15 is 0 Å². The maximum atomic E-state index is 12.2. The van der Waals surface area contributed by atoms with Crippen LogP contribution in [0.15, 0.2) is 0 Å². The predicted molar refractivity (Wildman–Crippen MR) is 80.0 cm³/mol. The van der Waals surface area contributed by atoms with Gasteiger partial charge in [-0.3, -0.25) is 4.79 Å². The molecule has 0 fully saturated rings. The molecule has 0 aliphatic rings. The molecular weight excluding hydrogens is 274 g/mol. The van der Waals surface area contributed by atoms with E-state index in [0.29, 0.717) is 19.4 Å². The number of carboxylic acid groups (broad SMARTS) is 1. The van der Waals surface area contributed by atoms with E-state index < -0.39 is 18.0 Å². The van der Waals surface area contributed by atoms with Gasteiger partial charge in [0.1, 0.15) is 12.6 Å². The molecule has 0 spiro atoms. The molecule has 0 heterocycles. The lowest BCUT2D eigenvalue weighted by Crippen LogP contribution is -2.51.